The van der Waals surface area contributed by atoms with Crippen molar-refractivity contribution in [3.8, 4) is 17.2 Å². The molecular weight excluding hydrogens is 254 g/mol. The van der Waals surface area contributed by atoms with Crippen LogP contribution < -0.4 is 4.74 Å². The molecule has 0 aliphatic heterocycles. The fourth-order valence-corrected chi connectivity index (χ4v) is 2.03. The lowest BCUT2D eigenvalue weighted by molar-refractivity contribution is 0.412. The van der Waals surface area contributed by atoms with Crippen LogP contribution in [0.2, 0.25) is 0 Å². The van der Waals surface area contributed by atoms with Crippen LogP contribution in [0.25, 0.3) is 0 Å². The normalized spacial score (nSPS) is 10.9. The van der Waals surface area contributed by atoms with Gasteiger partial charge in [0.05, 0.1) is 12.8 Å². The van der Waals surface area contributed by atoms with Gasteiger partial charge in [-0.1, -0.05) is 0 Å². The van der Waals surface area contributed by atoms with Gasteiger partial charge in [0.25, 0.3) is 0 Å². The summed E-state index contributed by atoms with van der Waals surface area (Å²) < 4.78 is 5.12. The third-order valence-corrected chi connectivity index (χ3v) is 3.04. The summed E-state index contributed by atoms with van der Waals surface area (Å²) in [5, 5.41) is 19.3. The molecule has 104 valence electrons. The highest BCUT2D eigenvalue weighted by Gasteiger charge is 2.04. The number of benzene rings is 2. The number of aliphatic imine (C=N–C) groups is 1. The molecule has 2 rings (SSSR count). The van der Waals surface area contributed by atoms with Crippen molar-refractivity contribution < 1.29 is 14.9 Å². The summed E-state index contributed by atoms with van der Waals surface area (Å²) in [7, 11) is 1.57. The van der Waals surface area contributed by atoms with Gasteiger partial charge in [-0.3, -0.25) is 4.99 Å². The molecule has 0 heterocycles. The van der Waals surface area contributed by atoms with E-state index >= 15 is 0 Å². The quantitative estimate of drug-likeness (QED) is 0.840. The van der Waals surface area contributed by atoms with Crippen molar-refractivity contribution in [2.75, 3.05) is 7.11 Å². The number of hydrogen-bond donors (Lipinski definition) is 2. The fourth-order valence-electron chi connectivity index (χ4n) is 2.03. The van der Waals surface area contributed by atoms with Crippen LogP contribution in [0.5, 0.6) is 17.2 Å². The van der Waals surface area contributed by atoms with Crippen molar-refractivity contribution in [1.82, 2.24) is 0 Å². The maximum atomic E-state index is 9.80. The predicted octanol–water partition coefficient (Wildman–Crippen LogP) is 3.47. The Bertz CT molecular complexity index is 640. The largest absolute Gasteiger partial charge is 0.508 e. The number of rotatable bonds is 3. The smallest absolute Gasteiger partial charge is 0.124 e. The van der Waals surface area contributed by atoms with Crippen molar-refractivity contribution in [3.05, 3.63) is 47.0 Å². The van der Waals surface area contributed by atoms with Gasteiger partial charge < -0.3 is 14.9 Å². The monoisotopic (exact) mass is 271 g/mol. The van der Waals surface area contributed by atoms with Crippen LogP contribution in [0.1, 0.15) is 16.7 Å². The predicted molar refractivity (Wildman–Crippen MR) is 79.5 cm³/mol. The molecule has 0 aliphatic carbocycles. The highest BCUT2D eigenvalue weighted by molar-refractivity contribution is 5.86. The molecule has 0 atom stereocenters. The lowest BCUT2D eigenvalue weighted by atomic mass is 10.1. The Morgan fingerprint density at radius 1 is 1.05 bits per heavy atom. The molecule has 0 aromatic heterocycles. The van der Waals surface area contributed by atoms with E-state index in [9.17, 15) is 10.2 Å². The van der Waals surface area contributed by atoms with Crippen molar-refractivity contribution in [3.63, 3.8) is 0 Å². The first kappa shape index (κ1) is 13.9. The van der Waals surface area contributed by atoms with Crippen LogP contribution in [0, 0.1) is 13.8 Å². The molecular formula is C16H17NO3. The van der Waals surface area contributed by atoms with E-state index in [1.165, 1.54) is 0 Å². The summed E-state index contributed by atoms with van der Waals surface area (Å²) in [5.41, 5.74) is 3.11. The second kappa shape index (κ2) is 5.65. The van der Waals surface area contributed by atoms with Crippen LogP contribution in [0.3, 0.4) is 0 Å². The third-order valence-electron chi connectivity index (χ3n) is 3.04. The van der Waals surface area contributed by atoms with Gasteiger partial charge in [0, 0.05) is 11.8 Å². The number of hydrogen-bond acceptors (Lipinski definition) is 4. The molecule has 0 bridgehead atoms. The minimum Gasteiger partial charge on any atom is -0.508 e. The molecule has 0 fully saturated rings. The Balaban J connectivity index is 2.39. The van der Waals surface area contributed by atoms with Gasteiger partial charge in [-0.25, -0.2) is 0 Å². The summed E-state index contributed by atoms with van der Waals surface area (Å²) in [4.78, 5) is 4.40. The minimum absolute atomic E-state index is 0.142. The van der Waals surface area contributed by atoms with E-state index in [2.05, 4.69) is 4.99 Å². The number of phenols is 2. The molecule has 0 saturated heterocycles. The molecule has 0 spiro atoms. The summed E-state index contributed by atoms with van der Waals surface area (Å²) in [6.07, 6.45) is 1.59. The van der Waals surface area contributed by atoms with Crippen LogP contribution in [0.15, 0.2) is 35.3 Å². The Kier molecular flexibility index (Phi) is 3.94. The number of nitrogens with zero attached hydrogens (tertiary/aromatic N) is 1. The van der Waals surface area contributed by atoms with E-state index in [0.29, 0.717) is 11.3 Å². The van der Waals surface area contributed by atoms with Gasteiger partial charge in [-0.2, -0.15) is 0 Å². The minimum atomic E-state index is 0.142. The molecule has 2 aromatic carbocycles. The van der Waals surface area contributed by atoms with Crippen LogP contribution in [0.4, 0.5) is 5.69 Å². The van der Waals surface area contributed by atoms with E-state index in [1.807, 2.05) is 13.8 Å². The van der Waals surface area contributed by atoms with E-state index in [1.54, 1.807) is 43.7 Å². The zero-order valence-corrected chi connectivity index (χ0v) is 11.7. The highest BCUT2D eigenvalue weighted by Crippen LogP contribution is 2.29. The second-order valence-electron chi connectivity index (χ2n) is 4.61. The van der Waals surface area contributed by atoms with Crippen molar-refractivity contribution in [2.45, 2.75) is 13.8 Å². The molecule has 4 nitrogen and oxygen atoms in total. The zero-order chi connectivity index (χ0) is 14.7. The summed E-state index contributed by atoms with van der Waals surface area (Å²) in [6, 6.07) is 8.28. The molecule has 0 saturated carbocycles. The third kappa shape index (κ3) is 2.91. The van der Waals surface area contributed by atoms with E-state index < -0.39 is 0 Å². The lowest BCUT2D eigenvalue weighted by Gasteiger charge is -2.06. The van der Waals surface area contributed by atoms with E-state index in [-0.39, 0.29) is 11.5 Å². The average molecular weight is 271 g/mol. The maximum absolute atomic E-state index is 9.80. The standard InChI is InChI=1S/C16H17NO3/c1-10-6-13(18)7-11(2)16(10)17-9-12-8-14(20-3)4-5-15(12)19/h4-9,18-19H,1-3H3/b17-9+. The average Bonchev–Trinajstić information content (AvgIpc) is 2.39. The topological polar surface area (TPSA) is 62.0 Å². The first-order valence-electron chi connectivity index (χ1n) is 6.22. The molecule has 0 amide bonds. The number of ether oxygens (including phenoxy) is 1. The van der Waals surface area contributed by atoms with Gasteiger partial charge >= 0.3 is 0 Å². The summed E-state index contributed by atoms with van der Waals surface area (Å²) >= 11 is 0. The second-order valence-corrected chi connectivity index (χ2v) is 4.61. The Hall–Kier alpha value is -2.49. The van der Waals surface area contributed by atoms with Gasteiger partial charge in [0.15, 0.2) is 0 Å². The number of aromatic hydroxyl groups is 2. The van der Waals surface area contributed by atoms with Crippen LogP contribution >= 0.6 is 0 Å². The molecule has 20 heavy (non-hydrogen) atoms. The molecule has 0 unspecified atom stereocenters. The first-order valence-corrected chi connectivity index (χ1v) is 6.22. The van der Waals surface area contributed by atoms with Crippen molar-refractivity contribution in [1.29, 1.82) is 0 Å². The van der Waals surface area contributed by atoms with E-state index in [4.69, 9.17) is 4.74 Å². The molecule has 4 heteroatoms. The van der Waals surface area contributed by atoms with Gasteiger partial charge in [-0.15, -0.1) is 0 Å². The Labute approximate surface area is 118 Å². The number of aryl methyl sites for hydroxylation is 2. The van der Waals surface area contributed by atoms with Gasteiger partial charge in [-0.05, 0) is 55.3 Å². The fraction of sp³-hybridized carbons (Fsp3) is 0.188. The van der Waals surface area contributed by atoms with Gasteiger partial charge in [0.2, 0.25) is 0 Å². The van der Waals surface area contributed by atoms with Crippen LogP contribution in [-0.4, -0.2) is 23.5 Å². The molecule has 2 N–H and O–H groups in total. The lowest BCUT2D eigenvalue weighted by Crippen LogP contribution is -1.88. The van der Waals surface area contributed by atoms with Gasteiger partial charge in [0.1, 0.15) is 17.2 Å². The van der Waals surface area contributed by atoms with Crippen molar-refractivity contribution >= 4 is 11.9 Å². The number of methoxy groups -OCH3 is 1. The maximum Gasteiger partial charge on any atom is 0.124 e. The molecule has 0 radical (unpaired) electrons. The van der Waals surface area contributed by atoms with E-state index in [0.717, 1.165) is 16.8 Å². The first-order chi connectivity index (χ1) is 9.51. The Morgan fingerprint density at radius 2 is 1.70 bits per heavy atom. The summed E-state index contributed by atoms with van der Waals surface area (Å²) in [6.45, 7) is 3.76. The van der Waals surface area contributed by atoms with Crippen LogP contribution in [-0.2, 0) is 0 Å². The Morgan fingerprint density at radius 3 is 2.30 bits per heavy atom. The van der Waals surface area contributed by atoms with Crippen molar-refractivity contribution in [2.24, 2.45) is 4.99 Å². The molecule has 2 aromatic rings. The SMILES string of the molecule is COc1ccc(O)c(/C=N/c2c(C)cc(O)cc2C)c1. The highest BCUT2D eigenvalue weighted by atomic mass is 16.5. The zero-order valence-electron chi connectivity index (χ0n) is 11.7. The number of phenolic OH excluding ortho intramolecular Hbond substituents is 2. The summed E-state index contributed by atoms with van der Waals surface area (Å²) in [5.74, 6) is 1.02. The molecule has 0 aliphatic rings.